The van der Waals surface area contributed by atoms with E-state index in [1.54, 1.807) is 30.3 Å². The number of hydrogen-bond acceptors (Lipinski definition) is 4. The van der Waals surface area contributed by atoms with Crippen LogP contribution in [0.25, 0.3) is 10.9 Å². The Kier molecular flexibility index (Phi) is 4.30. The normalized spacial score (nSPS) is 10.7. The maximum absolute atomic E-state index is 12.4. The third kappa shape index (κ3) is 3.28. The molecule has 0 saturated heterocycles. The SMILES string of the molecule is Cc1cc(C(=O)N/N=C/c2ccc(C#N)cc2)c2ccccc2n1. The molecule has 5 heteroatoms. The number of para-hydroxylation sites is 1. The molecule has 5 nitrogen and oxygen atoms in total. The van der Waals surface area contributed by atoms with E-state index < -0.39 is 0 Å². The van der Waals surface area contributed by atoms with Crippen LogP contribution >= 0.6 is 0 Å². The molecule has 0 atom stereocenters. The molecular weight excluding hydrogens is 300 g/mol. The van der Waals surface area contributed by atoms with Crippen molar-refractivity contribution in [3.8, 4) is 6.07 Å². The fraction of sp³-hybridized carbons (Fsp3) is 0.0526. The van der Waals surface area contributed by atoms with Crippen molar-refractivity contribution in [1.29, 1.82) is 5.26 Å². The number of nitrogens with zero attached hydrogens (tertiary/aromatic N) is 3. The van der Waals surface area contributed by atoms with Crippen LogP contribution in [0.15, 0.2) is 59.7 Å². The summed E-state index contributed by atoms with van der Waals surface area (Å²) >= 11 is 0. The quantitative estimate of drug-likeness (QED) is 0.595. The Balaban J connectivity index is 1.80. The Morgan fingerprint density at radius 3 is 2.71 bits per heavy atom. The molecule has 0 aliphatic carbocycles. The molecule has 24 heavy (non-hydrogen) atoms. The number of hydrazone groups is 1. The third-order valence-corrected chi connectivity index (χ3v) is 3.51. The van der Waals surface area contributed by atoms with Gasteiger partial charge in [0.1, 0.15) is 0 Å². The average molecular weight is 314 g/mol. The van der Waals surface area contributed by atoms with Crippen LogP contribution in [0.3, 0.4) is 0 Å². The van der Waals surface area contributed by atoms with E-state index in [2.05, 4.69) is 21.6 Å². The maximum Gasteiger partial charge on any atom is 0.272 e. The van der Waals surface area contributed by atoms with E-state index in [1.165, 1.54) is 6.21 Å². The lowest BCUT2D eigenvalue weighted by Gasteiger charge is -2.06. The van der Waals surface area contributed by atoms with Gasteiger partial charge in [-0.2, -0.15) is 10.4 Å². The molecule has 0 aliphatic heterocycles. The maximum atomic E-state index is 12.4. The lowest BCUT2D eigenvalue weighted by atomic mass is 10.1. The number of rotatable bonds is 3. The first kappa shape index (κ1) is 15.4. The lowest BCUT2D eigenvalue weighted by Crippen LogP contribution is -2.18. The largest absolute Gasteiger partial charge is 0.272 e. The van der Waals surface area contributed by atoms with Crippen LogP contribution in [0, 0.1) is 18.3 Å². The highest BCUT2D eigenvalue weighted by Gasteiger charge is 2.10. The summed E-state index contributed by atoms with van der Waals surface area (Å²) < 4.78 is 0. The highest BCUT2D eigenvalue weighted by atomic mass is 16.2. The van der Waals surface area contributed by atoms with Gasteiger partial charge in [0, 0.05) is 11.1 Å². The van der Waals surface area contributed by atoms with Gasteiger partial charge >= 0.3 is 0 Å². The van der Waals surface area contributed by atoms with Gasteiger partial charge in [-0.25, -0.2) is 5.43 Å². The van der Waals surface area contributed by atoms with Gasteiger partial charge in [-0.15, -0.1) is 0 Å². The molecule has 0 unspecified atom stereocenters. The first-order valence-electron chi connectivity index (χ1n) is 7.37. The molecule has 1 aromatic heterocycles. The number of nitriles is 1. The Morgan fingerprint density at radius 1 is 1.21 bits per heavy atom. The van der Waals surface area contributed by atoms with Gasteiger partial charge in [0.15, 0.2) is 0 Å². The number of carbonyl (C=O) groups is 1. The first-order chi connectivity index (χ1) is 11.7. The van der Waals surface area contributed by atoms with Gasteiger partial charge in [0.25, 0.3) is 5.91 Å². The van der Waals surface area contributed by atoms with Gasteiger partial charge in [-0.05, 0) is 36.8 Å². The Labute approximate surface area is 139 Å². The van der Waals surface area contributed by atoms with Crippen LogP contribution in [-0.4, -0.2) is 17.1 Å². The molecule has 0 saturated carbocycles. The zero-order valence-corrected chi connectivity index (χ0v) is 13.0. The smallest absolute Gasteiger partial charge is 0.267 e. The monoisotopic (exact) mass is 314 g/mol. The molecule has 0 spiro atoms. The van der Waals surface area contributed by atoms with Crippen LogP contribution in [0.2, 0.25) is 0 Å². The Hall–Kier alpha value is -3.52. The average Bonchev–Trinajstić information content (AvgIpc) is 2.61. The van der Waals surface area contributed by atoms with Crippen molar-refractivity contribution in [1.82, 2.24) is 10.4 Å². The van der Waals surface area contributed by atoms with Gasteiger partial charge in [0.05, 0.1) is 28.9 Å². The van der Waals surface area contributed by atoms with E-state index in [0.29, 0.717) is 11.1 Å². The van der Waals surface area contributed by atoms with Gasteiger partial charge in [-0.3, -0.25) is 9.78 Å². The van der Waals surface area contributed by atoms with Crippen molar-refractivity contribution < 1.29 is 4.79 Å². The van der Waals surface area contributed by atoms with Crippen molar-refractivity contribution in [3.63, 3.8) is 0 Å². The second-order valence-corrected chi connectivity index (χ2v) is 5.26. The predicted octanol–water partition coefficient (Wildman–Crippen LogP) is 3.18. The van der Waals surface area contributed by atoms with Crippen LogP contribution in [-0.2, 0) is 0 Å². The summed E-state index contributed by atoms with van der Waals surface area (Å²) in [7, 11) is 0. The van der Waals surface area contributed by atoms with Crippen LogP contribution < -0.4 is 5.43 Å². The highest BCUT2D eigenvalue weighted by Crippen LogP contribution is 2.18. The van der Waals surface area contributed by atoms with E-state index in [9.17, 15) is 4.79 Å². The lowest BCUT2D eigenvalue weighted by molar-refractivity contribution is 0.0956. The predicted molar refractivity (Wildman–Crippen MR) is 92.7 cm³/mol. The molecule has 3 aromatic rings. The molecule has 0 aliphatic rings. The van der Waals surface area contributed by atoms with Crippen molar-refractivity contribution in [2.24, 2.45) is 5.10 Å². The molecule has 3 rings (SSSR count). The topological polar surface area (TPSA) is 78.1 Å². The van der Waals surface area contributed by atoms with E-state index in [-0.39, 0.29) is 5.91 Å². The van der Waals surface area contributed by atoms with Crippen molar-refractivity contribution in [2.75, 3.05) is 0 Å². The van der Waals surface area contributed by atoms with E-state index in [4.69, 9.17) is 5.26 Å². The number of aromatic nitrogens is 1. The zero-order valence-electron chi connectivity index (χ0n) is 13.0. The second kappa shape index (κ2) is 6.71. The molecule has 0 bridgehead atoms. The number of hydrogen-bond donors (Lipinski definition) is 1. The van der Waals surface area contributed by atoms with Crippen LogP contribution in [0.4, 0.5) is 0 Å². The molecule has 116 valence electrons. The van der Waals surface area contributed by atoms with Crippen LogP contribution in [0.5, 0.6) is 0 Å². The second-order valence-electron chi connectivity index (χ2n) is 5.26. The van der Waals surface area contributed by atoms with E-state index in [1.807, 2.05) is 31.2 Å². The first-order valence-corrected chi connectivity index (χ1v) is 7.37. The Bertz CT molecular complexity index is 969. The summed E-state index contributed by atoms with van der Waals surface area (Å²) in [4.78, 5) is 16.8. The zero-order chi connectivity index (χ0) is 16.9. The molecular formula is C19H14N4O. The van der Waals surface area contributed by atoms with Crippen molar-refractivity contribution >= 4 is 23.0 Å². The van der Waals surface area contributed by atoms with Crippen molar-refractivity contribution in [2.45, 2.75) is 6.92 Å². The minimum Gasteiger partial charge on any atom is -0.267 e. The van der Waals surface area contributed by atoms with E-state index >= 15 is 0 Å². The fourth-order valence-electron chi connectivity index (χ4n) is 2.37. The van der Waals surface area contributed by atoms with Gasteiger partial charge in [0.2, 0.25) is 0 Å². The number of pyridine rings is 1. The van der Waals surface area contributed by atoms with Gasteiger partial charge in [-0.1, -0.05) is 30.3 Å². The summed E-state index contributed by atoms with van der Waals surface area (Å²) in [6.07, 6.45) is 1.54. The number of aryl methyl sites for hydroxylation is 1. The summed E-state index contributed by atoms with van der Waals surface area (Å²) in [5, 5.41) is 13.5. The number of carbonyl (C=O) groups excluding carboxylic acids is 1. The summed E-state index contributed by atoms with van der Waals surface area (Å²) in [6, 6.07) is 18.2. The minimum absolute atomic E-state index is 0.290. The number of fused-ring (bicyclic) bond motifs is 1. The van der Waals surface area contributed by atoms with Crippen LogP contribution in [0.1, 0.15) is 27.2 Å². The minimum atomic E-state index is -0.290. The molecule has 1 amide bonds. The third-order valence-electron chi connectivity index (χ3n) is 3.51. The molecule has 1 heterocycles. The number of benzene rings is 2. The molecule has 2 aromatic carbocycles. The van der Waals surface area contributed by atoms with Crippen molar-refractivity contribution in [3.05, 3.63) is 77.0 Å². The fourth-order valence-corrected chi connectivity index (χ4v) is 2.37. The molecule has 1 N–H and O–H groups in total. The Morgan fingerprint density at radius 2 is 1.96 bits per heavy atom. The standard InChI is InChI=1S/C19H14N4O/c1-13-10-17(16-4-2-3-5-18(16)22-13)19(24)23-21-12-15-8-6-14(11-20)7-9-15/h2-10,12H,1H3,(H,23,24)/b21-12+. The number of nitrogens with one attached hydrogen (secondary N) is 1. The summed E-state index contributed by atoms with van der Waals surface area (Å²) in [6.45, 7) is 1.85. The highest BCUT2D eigenvalue weighted by molar-refractivity contribution is 6.06. The molecule has 0 fully saturated rings. The summed E-state index contributed by atoms with van der Waals surface area (Å²) in [5.74, 6) is -0.290. The van der Waals surface area contributed by atoms with Gasteiger partial charge < -0.3 is 0 Å². The van der Waals surface area contributed by atoms with E-state index in [0.717, 1.165) is 22.2 Å². The number of amides is 1. The molecule has 0 radical (unpaired) electrons. The summed E-state index contributed by atoms with van der Waals surface area (Å²) in [5.41, 5.74) is 5.99.